The van der Waals surface area contributed by atoms with Gasteiger partial charge in [-0.15, -0.1) is 0 Å². The normalized spacial score (nSPS) is 24.0. The van der Waals surface area contributed by atoms with Crippen molar-refractivity contribution >= 4 is 6.08 Å². The second-order valence-corrected chi connectivity index (χ2v) is 8.49. The molecule has 0 bridgehead atoms. The van der Waals surface area contributed by atoms with E-state index in [-0.39, 0.29) is 5.41 Å². The Labute approximate surface area is 143 Å². The number of piperidine rings is 1. The van der Waals surface area contributed by atoms with Crippen LogP contribution in [0.5, 0.6) is 0 Å². The molecule has 0 N–H and O–H groups in total. The summed E-state index contributed by atoms with van der Waals surface area (Å²) in [6, 6.07) is 9.15. The molecule has 1 nitrogen and oxygen atoms in total. The molecule has 2 unspecified atom stereocenters. The molecule has 128 valence electrons. The highest BCUT2D eigenvalue weighted by molar-refractivity contribution is 5.53. The Morgan fingerprint density at radius 3 is 2.22 bits per heavy atom. The van der Waals surface area contributed by atoms with Crippen LogP contribution < -0.4 is 0 Å². The van der Waals surface area contributed by atoms with Crippen molar-refractivity contribution in [3.63, 3.8) is 0 Å². The lowest BCUT2D eigenvalue weighted by atomic mass is 9.82. The summed E-state index contributed by atoms with van der Waals surface area (Å²) in [4.78, 5) is 2.62. The highest BCUT2D eigenvalue weighted by Gasteiger charge is 2.21. The third kappa shape index (κ3) is 5.21. The monoisotopic (exact) mass is 313 g/mol. The Balaban J connectivity index is 2.00. The van der Waals surface area contributed by atoms with E-state index in [0.29, 0.717) is 0 Å². The summed E-state index contributed by atoms with van der Waals surface area (Å²) in [6.45, 7) is 17.6. The maximum absolute atomic E-state index is 2.62. The van der Waals surface area contributed by atoms with E-state index in [0.717, 1.165) is 18.4 Å². The molecule has 0 amide bonds. The van der Waals surface area contributed by atoms with E-state index in [2.05, 4.69) is 76.8 Å². The van der Waals surface area contributed by atoms with Gasteiger partial charge in [0, 0.05) is 19.6 Å². The minimum Gasteiger partial charge on any atom is -0.299 e. The van der Waals surface area contributed by atoms with Crippen molar-refractivity contribution in [2.24, 2.45) is 11.8 Å². The summed E-state index contributed by atoms with van der Waals surface area (Å²) in [5, 5.41) is 0. The fourth-order valence-electron chi connectivity index (χ4n) is 3.84. The smallest absolute Gasteiger partial charge is 0.0193 e. The minimum absolute atomic E-state index is 0.275. The van der Waals surface area contributed by atoms with Crippen LogP contribution >= 0.6 is 0 Å². The van der Waals surface area contributed by atoms with E-state index >= 15 is 0 Å². The lowest BCUT2D eigenvalue weighted by molar-refractivity contribution is 0.152. The maximum atomic E-state index is 2.62. The van der Waals surface area contributed by atoms with Gasteiger partial charge in [0.05, 0.1) is 0 Å². The summed E-state index contributed by atoms with van der Waals surface area (Å²) in [6.07, 6.45) is 4.91. The third-order valence-corrected chi connectivity index (χ3v) is 5.41. The van der Waals surface area contributed by atoms with Gasteiger partial charge in [0.15, 0.2) is 0 Å². The maximum Gasteiger partial charge on any atom is 0.0193 e. The molecule has 1 heteroatoms. The van der Waals surface area contributed by atoms with E-state index in [4.69, 9.17) is 0 Å². The molecule has 23 heavy (non-hydrogen) atoms. The number of rotatable bonds is 5. The second kappa shape index (κ2) is 7.66. The molecule has 0 spiro atoms. The molecule has 1 aromatic carbocycles. The highest BCUT2D eigenvalue weighted by Crippen LogP contribution is 2.27. The molecular weight excluding hydrogens is 278 g/mol. The summed E-state index contributed by atoms with van der Waals surface area (Å²) in [5.41, 5.74) is 4.51. The lowest BCUT2D eigenvalue weighted by Gasteiger charge is -2.35. The SMILES string of the molecule is CCC(C)(C)c1ccc(C=C(C)CN2CC(C)CC(C)C2)cc1. The summed E-state index contributed by atoms with van der Waals surface area (Å²) in [7, 11) is 0. The molecule has 2 rings (SSSR count). The number of hydrogen-bond donors (Lipinski definition) is 0. The predicted octanol–water partition coefficient (Wildman–Crippen LogP) is 5.76. The standard InChI is InChI=1S/C22H35N/c1-7-22(5,6)21-10-8-20(9-11-21)13-19(4)16-23-14-17(2)12-18(3)15-23/h8-11,13,17-18H,7,12,14-16H2,1-6H3. The van der Waals surface area contributed by atoms with Crippen LogP contribution in [-0.2, 0) is 5.41 Å². The van der Waals surface area contributed by atoms with Crippen molar-refractivity contribution in [2.75, 3.05) is 19.6 Å². The zero-order chi connectivity index (χ0) is 17.0. The molecule has 1 aliphatic heterocycles. The van der Waals surface area contributed by atoms with Gasteiger partial charge in [-0.25, -0.2) is 0 Å². The van der Waals surface area contributed by atoms with Crippen molar-refractivity contribution in [3.8, 4) is 0 Å². The Morgan fingerprint density at radius 2 is 1.70 bits per heavy atom. The first-order valence-corrected chi connectivity index (χ1v) is 9.30. The van der Waals surface area contributed by atoms with Gasteiger partial charge in [0.1, 0.15) is 0 Å². The number of likely N-dealkylation sites (tertiary alicyclic amines) is 1. The van der Waals surface area contributed by atoms with Crippen LogP contribution in [0, 0.1) is 11.8 Å². The predicted molar refractivity (Wildman–Crippen MR) is 103 cm³/mol. The van der Waals surface area contributed by atoms with Crippen LogP contribution in [0.2, 0.25) is 0 Å². The quantitative estimate of drug-likeness (QED) is 0.668. The number of nitrogens with zero attached hydrogens (tertiary/aromatic N) is 1. The third-order valence-electron chi connectivity index (χ3n) is 5.41. The summed E-state index contributed by atoms with van der Waals surface area (Å²) < 4.78 is 0. The lowest BCUT2D eigenvalue weighted by Crippen LogP contribution is -2.39. The molecule has 0 radical (unpaired) electrons. The fraction of sp³-hybridized carbons (Fsp3) is 0.636. The Bertz CT molecular complexity index is 513. The van der Waals surface area contributed by atoms with Crippen LogP contribution in [-0.4, -0.2) is 24.5 Å². The van der Waals surface area contributed by atoms with Gasteiger partial charge in [-0.05, 0) is 48.1 Å². The Morgan fingerprint density at radius 1 is 1.13 bits per heavy atom. The molecule has 0 saturated carbocycles. The van der Waals surface area contributed by atoms with E-state index in [1.165, 1.54) is 42.6 Å². The molecule has 2 atom stereocenters. The van der Waals surface area contributed by atoms with Crippen molar-refractivity contribution < 1.29 is 0 Å². The first-order valence-electron chi connectivity index (χ1n) is 9.30. The zero-order valence-electron chi connectivity index (χ0n) is 16.0. The molecule has 1 saturated heterocycles. The molecule has 1 heterocycles. The molecule has 0 aromatic heterocycles. The number of benzene rings is 1. The van der Waals surface area contributed by atoms with Crippen molar-refractivity contribution in [3.05, 3.63) is 41.0 Å². The molecule has 1 fully saturated rings. The van der Waals surface area contributed by atoms with Crippen molar-refractivity contribution in [1.82, 2.24) is 4.90 Å². The molecular formula is C22H35N. The van der Waals surface area contributed by atoms with Gasteiger partial charge in [-0.2, -0.15) is 0 Å². The fourth-order valence-corrected chi connectivity index (χ4v) is 3.84. The van der Waals surface area contributed by atoms with E-state index in [1.54, 1.807) is 0 Å². The van der Waals surface area contributed by atoms with Crippen LogP contribution in [0.4, 0.5) is 0 Å². The van der Waals surface area contributed by atoms with Gasteiger partial charge in [-0.3, -0.25) is 4.90 Å². The van der Waals surface area contributed by atoms with Crippen LogP contribution in [0.1, 0.15) is 65.5 Å². The topological polar surface area (TPSA) is 3.24 Å². The largest absolute Gasteiger partial charge is 0.299 e. The first-order chi connectivity index (χ1) is 10.8. The van der Waals surface area contributed by atoms with Crippen LogP contribution in [0.15, 0.2) is 29.8 Å². The Hall–Kier alpha value is -1.08. The van der Waals surface area contributed by atoms with Gasteiger partial charge in [-0.1, -0.05) is 70.5 Å². The summed E-state index contributed by atoms with van der Waals surface area (Å²) >= 11 is 0. The first kappa shape index (κ1) is 18.3. The molecule has 0 aliphatic carbocycles. The molecule has 1 aromatic rings. The minimum atomic E-state index is 0.275. The van der Waals surface area contributed by atoms with E-state index in [9.17, 15) is 0 Å². The van der Waals surface area contributed by atoms with Crippen molar-refractivity contribution in [1.29, 1.82) is 0 Å². The van der Waals surface area contributed by atoms with E-state index < -0.39 is 0 Å². The van der Waals surface area contributed by atoms with Gasteiger partial charge < -0.3 is 0 Å². The number of hydrogen-bond acceptors (Lipinski definition) is 1. The Kier molecular flexibility index (Phi) is 6.08. The zero-order valence-corrected chi connectivity index (χ0v) is 16.0. The van der Waals surface area contributed by atoms with Crippen molar-refractivity contribution in [2.45, 2.75) is 59.8 Å². The highest BCUT2D eigenvalue weighted by atomic mass is 15.1. The van der Waals surface area contributed by atoms with E-state index in [1.807, 2.05) is 0 Å². The molecule has 1 aliphatic rings. The summed E-state index contributed by atoms with van der Waals surface area (Å²) in [5.74, 6) is 1.67. The van der Waals surface area contributed by atoms with Gasteiger partial charge in [0.2, 0.25) is 0 Å². The van der Waals surface area contributed by atoms with Gasteiger partial charge >= 0.3 is 0 Å². The van der Waals surface area contributed by atoms with Crippen LogP contribution in [0.3, 0.4) is 0 Å². The second-order valence-electron chi connectivity index (χ2n) is 8.49. The average molecular weight is 314 g/mol. The average Bonchev–Trinajstić information content (AvgIpc) is 2.46. The van der Waals surface area contributed by atoms with Crippen LogP contribution in [0.25, 0.3) is 6.08 Å². The van der Waals surface area contributed by atoms with Gasteiger partial charge in [0.25, 0.3) is 0 Å².